The Kier molecular flexibility index (Phi) is 4.42. The van der Waals surface area contributed by atoms with Crippen molar-refractivity contribution >= 4 is 16.8 Å². The first-order valence-corrected chi connectivity index (χ1v) is 7.28. The molecule has 1 heterocycles. The number of H-pyrrole nitrogens is 1. The molecule has 0 aliphatic rings. The number of methoxy groups -OCH3 is 1. The number of halogens is 2. The summed E-state index contributed by atoms with van der Waals surface area (Å²) in [6, 6.07) is 9.03. The van der Waals surface area contributed by atoms with E-state index in [1.54, 1.807) is 31.4 Å². The SMILES string of the molecule is COc1ccc(CNC(=O)c2nc3ccc(F)c(F)c3c(=O)[nH]2)cc1. The third-order valence-electron chi connectivity index (χ3n) is 3.59. The molecule has 0 aliphatic carbocycles. The normalized spacial score (nSPS) is 10.7. The molecule has 0 saturated heterocycles. The third-order valence-corrected chi connectivity index (χ3v) is 3.59. The van der Waals surface area contributed by atoms with Gasteiger partial charge >= 0.3 is 0 Å². The summed E-state index contributed by atoms with van der Waals surface area (Å²) in [5.41, 5.74) is -0.209. The summed E-state index contributed by atoms with van der Waals surface area (Å²) < 4.78 is 31.9. The number of carbonyl (C=O) groups excluding carboxylic acids is 1. The maximum Gasteiger partial charge on any atom is 0.287 e. The largest absolute Gasteiger partial charge is 0.497 e. The number of hydrogen-bond acceptors (Lipinski definition) is 4. The molecule has 1 aromatic heterocycles. The number of amides is 1. The highest BCUT2D eigenvalue weighted by molar-refractivity contribution is 5.92. The second-order valence-electron chi connectivity index (χ2n) is 5.20. The van der Waals surface area contributed by atoms with Crippen molar-refractivity contribution in [3.63, 3.8) is 0 Å². The van der Waals surface area contributed by atoms with E-state index >= 15 is 0 Å². The molecule has 0 atom stereocenters. The zero-order chi connectivity index (χ0) is 18.0. The number of nitrogens with one attached hydrogen (secondary N) is 2. The van der Waals surface area contributed by atoms with Crippen LogP contribution in [0.2, 0.25) is 0 Å². The predicted octanol–water partition coefficient (Wildman–Crippen LogP) is 2.14. The first-order chi connectivity index (χ1) is 12.0. The van der Waals surface area contributed by atoms with Gasteiger partial charge in [-0.3, -0.25) is 9.59 Å². The Hall–Kier alpha value is -3.29. The van der Waals surface area contributed by atoms with E-state index in [4.69, 9.17) is 4.74 Å². The first kappa shape index (κ1) is 16.6. The average molecular weight is 345 g/mol. The van der Waals surface area contributed by atoms with Gasteiger partial charge in [0.1, 0.15) is 11.1 Å². The van der Waals surface area contributed by atoms with Gasteiger partial charge in [0.2, 0.25) is 0 Å². The third kappa shape index (κ3) is 3.32. The van der Waals surface area contributed by atoms with Crippen molar-refractivity contribution in [1.82, 2.24) is 15.3 Å². The van der Waals surface area contributed by atoms with Crippen LogP contribution in [0.15, 0.2) is 41.2 Å². The van der Waals surface area contributed by atoms with Gasteiger partial charge in [-0.1, -0.05) is 12.1 Å². The van der Waals surface area contributed by atoms with E-state index in [1.165, 1.54) is 0 Å². The molecule has 3 aromatic rings. The zero-order valence-corrected chi connectivity index (χ0v) is 13.1. The van der Waals surface area contributed by atoms with Gasteiger partial charge in [-0.2, -0.15) is 0 Å². The summed E-state index contributed by atoms with van der Waals surface area (Å²) >= 11 is 0. The number of nitrogens with zero attached hydrogens (tertiary/aromatic N) is 1. The van der Waals surface area contributed by atoms with E-state index in [1.807, 2.05) is 0 Å². The molecule has 3 rings (SSSR count). The fourth-order valence-corrected chi connectivity index (χ4v) is 2.29. The van der Waals surface area contributed by atoms with E-state index in [0.717, 1.165) is 17.7 Å². The summed E-state index contributed by atoms with van der Waals surface area (Å²) in [5.74, 6) is -2.69. The standard InChI is InChI=1S/C17H13F2N3O3/c1-25-10-4-2-9(3-5-10)8-20-17(24)15-21-12-7-6-11(18)14(19)13(12)16(23)22-15/h2-7H,8H2,1H3,(H,20,24)(H,21,22,23). The van der Waals surface area contributed by atoms with Crippen molar-refractivity contribution in [3.8, 4) is 5.75 Å². The molecule has 2 aromatic carbocycles. The molecule has 128 valence electrons. The molecular weight excluding hydrogens is 332 g/mol. The lowest BCUT2D eigenvalue weighted by molar-refractivity contribution is 0.0940. The summed E-state index contributed by atoms with van der Waals surface area (Å²) in [6.07, 6.45) is 0. The Bertz CT molecular complexity index is 1000. The highest BCUT2D eigenvalue weighted by atomic mass is 19.2. The second-order valence-corrected chi connectivity index (χ2v) is 5.20. The van der Waals surface area contributed by atoms with Gasteiger partial charge in [0.05, 0.1) is 12.6 Å². The lowest BCUT2D eigenvalue weighted by atomic mass is 10.2. The number of hydrogen-bond donors (Lipinski definition) is 2. The van der Waals surface area contributed by atoms with Gasteiger partial charge in [-0.25, -0.2) is 13.8 Å². The van der Waals surface area contributed by atoms with Crippen molar-refractivity contribution in [3.05, 3.63) is 69.8 Å². The Balaban J connectivity index is 1.82. The Morgan fingerprint density at radius 3 is 2.60 bits per heavy atom. The van der Waals surface area contributed by atoms with Gasteiger partial charge in [0, 0.05) is 6.54 Å². The molecule has 0 bridgehead atoms. The molecule has 0 aliphatic heterocycles. The number of ether oxygens (including phenoxy) is 1. The van der Waals surface area contributed by atoms with Crippen LogP contribution in [0.3, 0.4) is 0 Å². The van der Waals surface area contributed by atoms with Crippen molar-refractivity contribution in [1.29, 1.82) is 0 Å². The van der Waals surface area contributed by atoms with E-state index in [0.29, 0.717) is 5.75 Å². The molecule has 0 saturated carbocycles. The van der Waals surface area contributed by atoms with Crippen molar-refractivity contribution in [2.45, 2.75) is 6.54 Å². The number of aromatic amines is 1. The average Bonchev–Trinajstić information content (AvgIpc) is 2.62. The number of carbonyl (C=O) groups is 1. The Morgan fingerprint density at radius 1 is 1.20 bits per heavy atom. The number of aromatic nitrogens is 2. The van der Waals surface area contributed by atoms with Crippen molar-refractivity contribution in [2.75, 3.05) is 7.11 Å². The summed E-state index contributed by atoms with van der Waals surface area (Å²) in [4.78, 5) is 30.1. The van der Waals surface area contributed by atoms with Crippen LogP contribution in [0.25, 0.3) is 10.9 Å². The topological polar surface area (TPSA) is 84.1 Å². The maximum absolute atomic E-state index is 13.7. The van der Waals surface area contributed by atoms with Crippen molar-refractivity contribution < 1.29 is 18.3 Å². The van der Waals surface area contributed by atoms with Crippen LogP contribution in [0, 0.1) is 11.6 Å². The highest BCUT2D eigenvalue weighted by Gasteiger charge is 2.16. The minimum absolute atomic E-state index is 0.0998. The molecule has 25 heavy (non-hydrogen) atoms. The number of fused-ring (bicyclic) bond motifs is 1. The Morgan fingerprint density at radius 2 is 1.92 bits per heavy atom. The molecule has 2 N–H and O–H groups in total. The smallest absolute Gasteiger partial charge is 0.287 e. The van der Waals surface area contributed by atoms with Gasteiger partial charge < -0.3 is 15.0 Å². The molecule has 0 radical (unpaired) electrons. The van der Waals surface area contributed by atoms with Crippen LogP contribution in [0.5, 0.6) is 5.75 Å². The minimum Gasteiger partial charge on any atom is -0.497 e. The first-order valence-electron chi connectivity index (χ1n) is 7.28. The van der Waals surface area contributed by atoms with Crippen LogP contribution in [0.4, 0.5) is 8.78 Å². The quantitative estimate of drug-likeness (QED) is 0.759. The lowest BCUT2D eigenvalue weighted by Crippen LogP contribution is -2.27. The molecule has 1 amide bonds. The van der Waals surface area contributed by atoms with E-state index < -0.39 is 28.5 Å². The molecular formula is C17H13F2N3O3. The minimum atomic E-state index is -1.29. The molecule has 0 unspecified atom stereocenters. The lowest BCUT2D eigenvalue weighted by Gasteiger charge is -2.07. The number of rotatable bonds is 4. The molecule has 8 heteroatoms. The number of benzene rings is 2. The van der Waals surface area contributed by atoms with E-state index in [2.05, 4.69) is 15.3 Å². The van der Waals surface area contributed by atoms with Gasteiger partial charge in [0.15, 0.2) is 17.5 Å². The van der Waals surface area contributed by atoms with Crippen LogP contribution >= 0.6 is 0 Å². The van der Waals surface area contributed by atoms with Crippen LogP contribution in [-0.2, 0) is 6.54 Å². The second kappa shape index (κ2) is 6.68. The molecule has 0 spiro atoms. The van der Waals surface area contributed by atoms with Gasteiger partial charge in [-0.15, -0.1) is 0 Å². The maximum atomic E-state index is 13.7. The van der Waals surface area contributed by atoms with Crippen LogP contribution in [0.1, 0.15) is 16.2 Å². The molecule has 0 fully saturated rings. The fraction of sp³-hybridized carbons (Fsp3) is 0.118. The van der Waals surface area contributed by atoms with Crippen LogP contribution < -0.4 is 15.6 Å². The monoisotopic (exact) mass is 345 g/mol. The zero-order valence-electron chi connectivity index (χ0n) is 13.1. The van der Waals surface area contributed by atoms with Crippen molar-refractivity contribution in [2.24, 2.45) is 0 Å². The highest BCUT2D eigenvalue weighted by Crippen LogP contribution is 2.15. The van der Waals surface area contributed by atoms with Crippen LogP contribution in [-0.4, -0.2) is 23.0 Å². The summed E-state index contributed by atoms with van der Waals surface area (Å²) in [5, 5.41) is 2.07. The predicted molar refractivity (Wildman–Crippen MR) is 86.4 cm³/mol. The Labute approximate surface area is 140 Å². The molecule has 6 nitrogen and oxygen atoms in total. The summed E-state index contributed by atoms with van der Waals surface area (Å²) in [7, 11) is 1.55. The summed E-state index contributed by atoms with van der Waals surface area (Å²) in [6.45, 7) is 0.197. The van der Waals surface area contributed by atoms with Gasteiger partial charge in [-0.05, 0) is 29.8 Å². The van der Waals surface area contributed by atoms with E-state index in [-0.39, 0.29) is 17.9 Å². The van der Waals surface area contributed by atoms with Gasteiger partial charge in [0.25, 0.3) is 11.5 Å². The fourth-order valence-electron chi connectivity index (χ4n) is 2.29. The van der Waals surface area contributed by atoms with E-state index in [9.17, 15) is 18.4 Å².